The van der Waals surface area contributed by atoms with E-state index in [1.807, 2.05) is 12.1 Å². The molecule has 1 saturated heterocycles. The second kappa shape index (κ2) is 8.82. The third kappa shape index (κ3) is 4.11. The fourth-order valence-corrected chi connectivity index (χ4v) is 4.24. The Kier molecular flexibility index (Phi) is 6.23. The standard InChI is InChI=1S/C20H19N5O3S/c1-28-16-14(9-21)19(25-8-7-13(26)11-25)24-20(15(16)10-22)29-17(18(23)27)12-5-3-2-4-6-12/h2-6,13,17,26H,7-8,11H2,1H3,(H2,23,27). The van der Waals surface area contributed by atoms with Gasteiger partial charge in [-0.15, -0.1) is 0 Å². The number of amides is 1. The minimum Gasteiger partial charge on any atom is -0.494 e. The molecule has 0 bridgehead atoms. The van der Waals surface area contributed by atoms with Crippen LogP contribution in [-0.4, -0.2) is 42.3 Å². The molecule has 148 valence electrons. The normalized spacial score (nSPS) is 16.7. The van der Waals surface area contributed by atoms with Gasteiger partial charge in [0.15, 0.2) is 11.6 Å². The summed E-state index contributed by atoms with van der Waals surface area (Å²) >= 11 is 1.04. The molecule has 1 aromatic heterocycles. The van der Waals surface area contributed by atoms with Gasteiger partial charge in [-0.3, -0.25) is 4.79 Å². The maximum Gasteiger partial charge on any atom is 0.235 e. The number of ether oxygens (including phenoxy) is 1. The topological polar surface area (TPSA) is 136 Å². The van der Waals surface area contributed by atoms with Gasteiger partial charge >= 0.3 is 0 Å². The molecule has 3 rings (SSSR count). The van der Waals surface area contributed by atoms with Gasteiger partial charge in [0.1, 0.15) is 33.5 Å². The highest BCUT2D eigenvalue weighted by Gasteiger charge is 2.30. The fraction of sp³-hybridized carbons (Fsp3) is 0.300. The van der Waals surface area contributed by atoms with Crippen LogP contribution in [-0.2, 0) is 4.79 Å². The van der Waals surface area contributed by atoms with Crippen LogP contribution in [0.5, 0.6) is 5.75 Å². The molecule has 1 fully saturated rings. The largest absolute Gasteiger partial charge is 0.494 e. The van der Waals surface area contributed by atoms with Crippen molar-refractivity contribution in [1.82, 2.24) is 4.98 Å². The van der Waals surface area contributed by atoms with E-state index in [4.69, 9.17) is 10.5 Å². The summed E-state index contributed by atoms with van der Waals surface area (Å²) < 4.78 is 5.37. The van der Waals surface area contributed by atoms with Crippen LogP contribution in [0.25, 0.3) is 0 Å². The maximum absolute atomic E-state index is 12.1. The number of thioether (sulfide) groups is 1. The summed E-state index contributed by atoms with van der Waals surface area (Å²) in [6.45, 7) is 0.832. The Morgan fingerprint density at radius 3 is 2.55 bits per heavy atom. The lowest BCUT2D eigenvalue weighted by atomic mass is 10.1. The number of aliphatic hydroxyl groups is 1. The van der Waals surface area contributed by atoms with Gasteiger partial charge in [0.05, 0.1) is 13.2 Å². The Balaban J connectivity index is 2.13. The van der Waals surface area contributed by atoms with Crippen LogP contribution in [0.15, 0.2) is 35.4 Å². The van der Waals surface area contributed by atoms with Crippen LogP contribution in [0.2, 0.25) is 0 Å². The lowest BCUT2D eigenvalue weighted by Gasteiger charge is -2.22. The Bertz CT molecular complexity index is 1000. The Morgan fingerprint density at radius 1 is 1.34 bits per heavy atom. The first-order chi connectivity index (χ1) is 14.0. The zero-order valence-electron chi connectivity index (χ0n) is 15.7. The highest BCUT2D eigenvalue weighted by Crippen LogP contribution is 2.42. The van der Waals surface area contributed by atoms with Crippen molar-refractivity contribution in [3.05, 3.63) is 47.0 Å². The maximum atomic E-state index is 12.1. The molecule has 2 heterocycles. The number of aliphatic hydroxyl groups excluding tert-OH is 1. The molecule has 2 atom stereocenters. The summed E-state index contributed by atoms with van der Waals surface area (Å²) in [4.78, 5) is 18.4. The van der Waals surface area contributed by atoms with E-state index in [0.29, 0.717) is 30.9 Å². The quantitative estimate of drug-likeness (QED) is 0.688. The predicted octanol–water partition coefficient (Wildman–Crippen LogP) is 1.72. The van der Waals surface area contributed by atoms with Crippen LogP contribution in [0.1, 0.15) is 28.4 Å². The van der Waals surface area contributed by atoms with Gasteiger partial charge in [-0.1, -0.05) is 42.1 Å². The van der Waals surface area contributed by atoms with Crippen LogP contribution in [0, 0.1) is 22.7 Å². The van der Waals surface area contributed by atoms with E-state index >= 15 is 0 Å². The molecule has 8 nitrogen and oxygen atoms in total. The SMILES string of the molecule is COc1c(C#N)c(SC(C(N)=O)c2ccccc2)nc(N2CCC(O)C2)c1C#N. The lowest BCUT2D eigenvalue weighted by Crippen LogP contribution is -2.24. The number of β-amino-alcohol motifs (C(OH)–C–C–N with tert-alkyl or cyclic N) is 1. The van der Waals surface area contributed by atoms with Crippen molar-refractivity contribution in [1.29, 1.82) is 10.5 Å². The predicted molar refractivity (Wildman–Crippen MR) is 107 cm³/mol. The molecule has 2 aromatic rings. The van der Waals surface area contributed by atoms with Gasteiger partial charge in [-0.25, -0.2) is 4.98 Å². The number of benzene rings is 1. The number of carbonyl (C=O) groups excluding carboxylic acids is 1. The lowest BCUT2D eigenvalue weighted by molar-refractivity contribution is -0.117. The summed E-state index contributed by atoms with van der Waals surface area (Å²) in [7, 11) is 1.37. The first-order valence-electron chi connectivity index (χ1n) is 8.86. The number of nitrogens with two attached hydrogens (primary N) is 1. The summed E-state index contributed by atoms with van der Waals surface area (Å²) in [6.07, 6.45) is 0.0226. The molecular weight excluding hydrogens is 390 g/mol. The molecular formula is C20H19N5O3S. The monoisotopic (exact) mass is 409 g/mol. The van der Waals surface area contributed by atoms with E-state index in [1.54, 1.807) is 29.2 Å². The molecule has 9 heteroatoms. The van der Waals surface area contributed by atoms with Crippen molar-refractivity contribution in [2.45, 2.75) is 22.8 Å². The van der Waals surface area contributed by atoms with E-state index in [1.165, 1.54) is 7.11 Å². The van der Waals surface area contributed by atoms with Crippen LogP contribution < -0.4 is 15.4 Å². The minimum absolute atomic E-state index is 0.0692. The van der Waals surface area contributed by atoms with Gasteiger partial charge in [-0.2, -0.15) is 10.5 Å². The van der Waals surface area contributed by atoms with Gasteiger partial charge < -0.3 is 20.5 Å². The summed E-state index contributed by atoms with van der Waals surface area (Å²) in [6, 6.07) is 13.0. The first-order valence-corrected chi connectivity index (χ1v) is 9.74. The van der Waals surface area contributed by atoms with Crippen LogP contribution in [0.4, 0.5) is 5.82 Å². The number of rotatable bonds is 6. The minimum atomic E-state index is -0.773. The summed E-state index contributed by atoms with van der Waals surface area (Å²) in [5.74, 6) is -0.160. The number of hydrogen-bond donors (Lipinski definition) is 2. The van der Waals surface area contributed by atoms with Crippen LogP contribution in [0.3, 0.4) is 0 Å². The summed E-state index contributed by atoms with van der Waals surface area (Å²) in [5, 5.41) is 28.7. The van der Waals surface area contributed by atoms with Crippen LogP contribution >= 0.6 is 11.8 Å². The number of methoxy groups -OCH3 is 1. The van der Waals surface area contributed by atoms with Gasteiger partial charge in [0.25, 0.3) is 0 Å². The first kappa shape index (κ1) is 20.5. The molecule has 0 aliphatic carbocycles. The molecule has 0 radical (unpaired) electrons. The van der Waals surface area contributed by atoms with Crippen molar-refractivity contribution in [2.24, 2.45) is 5.73 Å². The highest BCUT2D eigenvalue weighted by molar-refractivity contribution is 8.00. The van der Waals surface area contributed by atoms with E-state index in [0.717, 1.165) is 11.8 Å². The van der Waals surface area contributed by atoms with Crippen molar-refractivity contribution in [2.75, 3.05) is 25.1 Å². The number of anilines is 1. The third-order valence-corrected chi connectivity index (χ3v) is 5.84. The average molecular weight is 409 g/mol. The molecule has 0 saturated carbocycles. The Hall–Kier alpha value is -3.27. The van der Waals surface area contributed by atoms with E-state index in [2.05, 4.69) is 11.1 Å². The Morgan fingerprint density at radius 2 is 2.03 bits per heavy atom. The Labute approximate surface area is 172 Å². The number of hydrogen-bond acceptors (Lipinski definition) is 8. The van der Waals surface area contributed by atoms with Gasteiger partial charge in [0.2, 0.25) is 5.91 Å². The number of pyridine rings is 1. The molecule has 2 unspecified atom stereocenters. The molecule has 0 spiro atoms. The fourth-order valence-electron chi connectivity index (χ4n) is 3.21. The van der Waals surface area contributed by atoms with Crippen molar-refractivity contribution < 1.29 is 14.6 Å². The van der Waals surface area contributed by atoms with Crippen molar-refractivity contribution >= 4 is 23.5 Å². The number of carbonyl (C=O) groups is 1. The van der Waals surface area contributed by atoms with Gasteiger partial charge in [-0.05, 0) is 12.0 Å². The average Bonchev–Trinajstić information content (AvgIpc) is 3.17. The number of nitrogens with zero attached hydrogens (tertiary/aromatic N) is 4. The molecule has 1 aliphatic rings. The molecule has 29 heavy (non-hydrogen) atoms. The zero-order valence-corrected chi connectivity index (χ0v) is 16.5. The van der Waals surface area contributed by atoms with Crippen molar-refractivity contribution in [3.63, 3.8) is 0 Å². The smallest absolute Gasteiger partial charge is 0.235 e. The van der Waals surface area contributed by atoms with Gasteiger partial charge in [0, 0.05) is 13.1 Å². The molecule has 1 amide bonds. The zero-order chi connectivity index (χ0) is 21.0. The number of nitriles is 2. The molecule has 1 aliphatic heterocycles. The second-order valence-electron chi connectivity index (χ2n) is 6.45. The summed E-state index contributed by atoms with van der Waals surface area (Å²) in [5.41, 5.74) is 6.49. The second-order valence-corrected chi connectivity index (χ2v) is 7.54. The third-order valence-electron chi connectivity index (χ3n) is 4.58. The van der Waals surface area contributed by atoms with E-state index < -0.39 is 17.3 Å². The highest BCUT2D eigenvalue weighted by atomic mass is 32.2. The van der Waals surface area contributed by atoms with Crippen molar-refractivity contribution in [3.8, 4) is 17.9 Å². The number of primary amides is 1. The van der Waals surface area contributed by atoms with E-state index in [-0.39, 0.29) is 21.9 Å². The molecule has 1 aromatic carbocycles. The number of aromatic nitrogens is 1. The molecule has 3 N–H and O–H groups in total. The van der Waals surface area contributed by atoms with E-state index in [9.17, 15) is 20.4 Å².